The number of fused-ring (bicyclic) bond motifs is 1. The Labute approximate surface area is 124 Å². The van der Waals surface area contributed by atoms with Crippen molar-refractivity contribution in [2.75, 3.05) is 13.1 Å². The summed E-state index contributed by atoms with van der Waals surface area (Å²) in [6, 6.07) is 5.06. The van der Waals surface area contributed by atoms with Crippen molar-refractivity contribution < 1.29 is 29.4 Å². The molecule has 9 heteroatoms. The molecule has 0 aromatic heterocycles. The van der Waals surface area contributed by atoms with E-state index in [2.05, 4.69) is 0 Å². The minimum atomic E-state index is -1.60. The molecular formula is C13H11N3O6-2. The van der Waals surface area contributed by atoms with Crippen LogP contribution >= 0.6 is 0 Å². The van der Waals surface area contributed by atoms with Crippen LogP contribution < -0.4 is 20.8 Å². The Morgan fingerprint density at radius 3 is 1.73 bits per heavy atom. The molecule has 0 aliphatic carbocycles. The van der Waals surface area contributed by atoms with Crippen molar-refractivity contribution in [2.45, 2.75) is 6.04 Å². The Bertz CT molecular complexity index is 591. The minimum Gasteiger partial charge on any atom is -0.530 e. The number of hydrogen-bond donors (Lipinski definition) is 2. The van der Waals surface area contributed by atoms with Crippen molar-refractivity contribution in [2.24, 2.45) is 0 Å². The fourth-order valence-corrected chi connectivity index (χ4v) is 2.20. The van der Waals surface area contributed by atoms with E-state index in [1.165, 1.54) is 12.1 Å². The van der Waals surface area contributed by atoms with Crippen molar-refractivity contribution >= 4 is 24.0 Å². The highest BCUT2D eigenvalue weighted by atomic mass is 16.4. The van der Waals surface area contributed by atoms with Crippen molar-refractivity contribution in [1.29, 1.82) is 0 Å². The van der Waals surface area contributed by atoms with Gasteiger partial charge in [-0.15, -0.1) is 0 Å². The first-order valence-corrected chi connectivity index (χ1v) is 6.28. The molecule has 0 fully saturated rings. The van der Waals surface area contributed by atoms with Gasteiger partial charge in [0, 0.05) is 13.1 Å². The highest BCUT2D eigenvalue weighted by molar-refractivity contribution is 6.21. The third-order valence-electron chi connectivity index (χ3n) is 3.15. The van der Waals surface area contributed by atoms with E-state index in [4.69, 9.17) is 0 Å². The largest absolute Gasteiger partial charge is 0.530 e. The van der Waals surface area contributed by atoms with Crippen LogP contribution in [0.5, 0.6) is 0 Å². The molecule has 22 heavy (non-hydrogen) atoms. The Balaban J connectivity index is 2.23. The number of carbonyl (C=O) groups is 4. The second-order valence-corrected chi connectivity index (χ2v) is 4.52. The quantitative estimate of drug-likeness (QED) is 0.577. The van der Waals surface area contributed by atoms with Crippen LogP contribution in [0.15, 0.2) is 24.3 Å². The Morgan fingerprint density at radius 1 is 0.955 bits per heavy atom. The van der Waals surface area contributed by atoms with Gasteiger partial charge in [-0.25, -0.2) is 0 Å². The molecule has 9 nitrogen and oxygen atoms in total. The number of benzene rings is 1. The molecule has 116 valence electrons. The van der Waals surface area contributed by atoms with E-state index in [1.807, 2.05) is 10.6 Å². The average Bonchev–Trinajstić information content (AvgIpc) is 2.72. The number of hydrogen-bond acceptors (Lipinski definition) is 6. The third kappa shape index (κ3) is 2.97. The van der Waals surface area contributed by atoms with Crippen molar-refractivity contribution in [3.05, 3.63) is 35.4 Å². The standard InChI is InChI=1S/C13H13N3O6/c17-10-8-3-1-2-4-9(8)11(18)16(10)7(5-14-12(19)20)6-15-13(21)22/h1-4,7,14-15H,5-6H2,(H,19,20)(H,21,22)/p-2. The number of amides is 4. The van der Waals surface area contributed by atoms with Crippen LogP contribution in [0.4, 0.5) is 9.59 Å². The number of carbonyl (C=O) groups excluding carboxylic acids is 4. The number of nitrogens with zero attached hydrogens (tertiary/aromatic N) is 1. The summed E-state index contributed by atoms with van der Waals surface area (Å²) in [7, 11) is 0. The zero-order chi connectivity index (χ0) is 16.3. The lowest BCUT2D eigenvalue weighted by molar-refractivity contribution is -0.251. The van der Waals surface area contributed by atoms with Crippen LogP contribution in [0, 0.1) is 0 Å². The van der Waals surface area contributed by atoms with Gasteiger partial charge in [0.1, 0.15) is 12.2 Å². The molecule has 1 aromatic rings. The predicted octanol–water partition coefficient (Wildman–Crippen LogP) is -2.48. The van der Waals surface area contributed by atoms with Gasteiger partial charge in [-0.2, -0.15) is 0 Å². The van der Waals surface area contributed by atoms with Crippen molar-refractivity contribution in [1.82, 2.24) is 15.5 Å². The zero-order valence-electron chi connectivity index (χ0n) is 11.2. The maximum Gasteiger partial charge on any atom is 0.261 e. The van der Waals surface area contributed by atoms with E-state index in [0.29, 0.717) is 0 Å². The maximum absolute atomic E-state index is 12.3. The fraction of sp³-hybridized carbons (Fsp3) is 0.231. The van der Waals surface area contributed by atoms with Crippen LogP contribution in [0.3, 0.4) is 0 Å². The Morgan fingerprint density at radius 2 is 1.36 bits per heavy atom. The van der Waals surface area contributed by atoms with Crippen molar-refractivity contribution in [3.63, 3.8) is 0 Å². The molecule has 0 bridgehead atoms. The molecule has 2 N–H and O–H groups in total. The van der Waals surface area contributed by atoms with Gasteiger partial charge in [-0.1, -0.05) is 12.1 Å². The normalized spacial score (nSPS) is 13.2. The molecule has 0 spiro atoms. The molecule has 0 unspecified atom stereocenters. The number of rotatable bonds is 5. The van der Waals surface area contributed by atoms with E-state index in [0.717, 1.165) is 4.90 Å². The predicted molar refractivity (Wildman–Crippen MR) is 67.5 cm³/mol. The molecule has 4 amide bonds. The van der Waals surface area contributed by atoms with Crippen molar-refractivity contribution in [3.8, 4) is 0 Å². The lowest BCUT2D eigenvalue weighted by Gasteiger charge is -2.27. The first-order chi connectivity index (χ1) is 10.4. The molecule has 0 atom stereocenters. The molecule has 1 heterocycles. The SMILES string of the molecule is O=C([O-])NCC(CNC(=O)[O-])N1C(=O)c2ccccc2C1=O. The zero-order valence-corrected chi connectivity index (χ0v) is 11.2. The molecule has 0 saturated carbocycles. The van der Waals surface area contributed by atoms with Crippen LogP contribution in [0.2, 0.25) is 0 Å². The van der Waals surface area contributed by atoms with E-state index < -0.39 is 30.0 Å². The number of imide groups is 1. The van der Waals surface area contributed by atoms with Crippen LogP contribution in [-0.4, -0.2) is 48.0 Å². The molecule has 0 radical (unpaired) electrons. The molecule has 0 saturated heterocycles. The summed E-state index contributed by atoms with van der Waals surface area (Å²) < 4.78 is 0. The van der Waals surface area contributed by atoms with Gasteiger partial charge in [0.2, 0.25) is 0 Å². The number of carboxylic acid groups (broad SMARTS) is 2. The fourth-order valence-electron chi connectivity index (χ4n) is 2.20. The lowest BCUT2D eigenvalue weighted by Crippen LogP contribution is -2.55. The van der Waals surface area contributed by atoms with E-state index in [9.17, 15) is 29.4 Å². The van der Waals surface area contributed by atoms with E-state index >= 15 is 0 Å². The second-order valence-electron chi connectivity index (χ2n) is 4.52. The third-order valence-corrected chi connectivity index (χ3v) is 3.15. The topological polar surface area (TPSA) is 142 Å². The summed E-state index contributed by atoms with van der Waals surface area (Å²) in [5, 5.41) is 24.8. The number of nitrogens with one attached hydrogen (secondary N) is 2. The van der Waals surface area contributed by atoms with Gasteiger partial charge >= 0.3 is 0 Å². The first kappa shape index (κ1) is 15.3. The first-order valence-electron chi connectivity index (χ1n) is 6.28. The minimum absolute atomic E-state index is 0.180. The summed E-state index contributed by atoms with van der Waals surface area (Å²) >= 11 is 0. The van der Waals surface area contributed by atoms with Gasteiger partial charge in [-0.3, -0.25) is 14.5 Å². The van der Waals surface area contributed by atoms with E-state index in [-0.39, 0.29) is 24.2 Å². The molecule has 1 aliphatic rings. The second kappa shape index (κ2) is 6.12. The smallest absolute Gasteiger partial charge is 0.261 e. The van der Waals surface area contributed by atoms with Crippen LogP contribution in [0.1, 0.15) is 20.7 Å². The lowest BCUT2D eigenvalue weighted by atomic mass is 10.1. The molecular weight excluding hydrogens is 294 g/mol. The van der Waals surface area contributed by atoms with Gasteiger partial charge in [0.05, 0.1) is 17.2 Å². The van der Waals surface area contributed by atoms with Gasteiger partial charge in [0.25, 0.3) is 11.8 Å². The molecule has 1 aliphatic heterocycles. The van der Waals surface area contributed by atoms with Crippen LogP contribution in [-0.2, 0) is 0 Å². The maximum atomic E-state index is 12.3. The summed E-state index contributed by atoms with van der Waals surface area (Å²) in [4.78, 5) is 46.3. The Kier molecular flexibility index (Phi) is 4.25. The highest BCUT2D eigenvalue weighted by Gasteiger charge is 2.39. The van der Waals surface area contributed by atoms with Gasteiger partial charge < -0.3 is 30.4 Å². The van der Waals surface area contributed by atoms with Gasteiger partial charge in [0.15, 0.2) is 0 Å². The average molecular weight is 305 g/mol. The monoisotopic (exact) mass is 305 g/mol. The van der Waals surface area contributed by atoms with Gasteiger partial charge in [-0.05, 0) is 12.1 Å². The molecule has 2 rings (SSSR count). The Hall–Kier alpha value is -3.10. The van der Waals surface area contributed by atoms with Crippen LogP contribution in [0.25, 0.3) is 0 Å². The summed E-state index contributed by atoms with van der Waals surface area (Å²) in [6.45, 7) is -0.734. The molecule has 1 aromatic carbocycles. The summed E-state index contributed by atoms with van der Waals surface area (Å²) in [6.07, 6.45) is -3.20. The summed E-state index contributed by atoms with van der Waals surface area (Å²) in [5.74, 6) is -1.24. The summed E-state index contributed by atoms with van der Waals surface area (Å²) in [5.41, 5.74) is 0.360. The van der Waals surface area contributed by atoms with E-state index in [1.54, 1.807) is 12.1 Å². The highest BCUT2D eigenvalue weighted by Crippen LogP contribution is 2.24.